The third-order valence-electron chi connectivity index (χ3n) is 4.59. The van der Waals surface area contributed by atoms with Crippen molar-refractivity contribution in [3.63, 3.8) is 0 Å². The van der Waals surface area contributed by atoms with Gasteiger partial charge in [-0.3, -0.25) is 0 Å². The molecule has 2 unspecified atom stereocenters. The minimum absolute atomic E-state index is 0.510. The van der Waals surface area contributed by atoms with Crippen LogP contribution in [0.3, 0.4) is 0 Å². The number of ether oxygens (including phenoxy) is 1. The number of hydrogen-bond donors (Lipinski definition) is 0. The topological polar surface area (TPSA) is 52.3 Å². The molecule has 0 fully saturated rings. The SMILES string of the molecule is CCC1c2c(c(OC)nn3c(C)nnc23)CCCC1C. The zero-order valence-electron chi connectivity index (χ0n) is 12.7. The lowest BCUT2D eigenvalue weighted by atomic mass is 9.84. The second-order valence-electron chi connectivity index (χ2n) is 5.77. The third-order valence-corrected chi connectivity index (χ3v) is 4.59. The summed E-state index contributed by atoms with van der Waals surface area (Å²) in [5.74, 6) is 2.72. The van der Waals surface area contributed by atoms with Crippen LogP contribution in [-0.2, 0) is 6.42 Å². The summed E-state index contributed by atoms with van der Waals surface area (Å²) in [4.78, 5) is 0. The van der Waals surface area contributed by atoms with Crippen molar-refractivity contribution in [3.8, 4) is 5.88 Å². The van der Waals surface area contributed by atoms with Gasteiger partial charge in [-0.15, -0.1) is 15.3 Å². The van der Waals surface area contributed by atoms with E-state index in [-0.39, 0.29) is 0 Å². The predicted octanol–water partition coefficient (Wildman–Crippen LogP) is 2.91. The van der Waals surface area contributed by atoms with Crippen molar-refractivity contribution in [1.29, 1.82) is 0 Å². The van der Waals surface area contributed by atoms with Gasteiger partial charge >= 0.3 is 0 Å². The van der Waals surface area contributed by atoms with Crippen molar-refractivity contribution < 1.29 is 4.74 Å². The van der Waals surface area contributed by atoms with Crippen LogP contribution in [-0.4, -0.2) is 26.9 Å². The van der Waals surface area contributed by atoms with Crippen molar-refractivity contribution in [3.05, 3.63) is 17.0 Å². The molecule has 20 heavy (non-hydrogen) atoms. The van der Waals surface area contributed by atoms with Gasteiger partial charge in [0.1, 0.15) is 0 Å². The van der Waals surface area contributed by atoms with Crippen molar-refractivity contribution in [2.24, 2.45) is 5.92 Å². The molecule has 0 bridgehead atoms. The molecule has 0 aliphatic heterocycles. The molecule has 0 amide bonds. The fraction of sp³-hybridized carbons (Fsp3) is 0.667. The number of nitrogens with zero attached hydrogens (tertiary/aromatic N) is 4. The van der Waals surface area contributed by atoms with E-state index < -0.39 is 0 Å². The maximum atomic E-state index is 5.54. The summed E-state index contributed by atoms with van der Waals surface area (Å²) in [5.41, 5.74) is 3.47. The van der Waals surface area contributed by atoms with Crippen molar-refractivity contribution in [2.75, 3.05) is 7.11 Å². The van der Waals surface area contributed by atoms with Gasteiger partial charge in [0.25, 0.3) is 0 Å². The molecule has 5 nitrogen and oxygen atoms in total. The highest BCUT2D eigenvalue weighted by atomic mass is 16.5. The Morgan fingerprint density at radius 1 is 1.35 bits per heavy atom. The summed E-state index contributed by atoms with van der Waals surface area (Å²) in [6, 6.07) is 0. The van der Waals surface area contributed by atoms with E-state index in [0.717, 1.165) is 30.2 Å². The monoisotopic (exact) mass is 274 g/mol. The third kappa shape index (κ3) is 1.87. The Morgan fingerprint density at radius 3 is 2.85 bits per heavy atom. The van der Waals surface area contributed by atoms with Crippen molar-refractivity contribution in [1.82, 2.24) is 19.8 Å². The fourth-order valence-electron chi connectivity index (χ4n) is 3.53. The molecule has 2 atom stereocenters. The Balaban J connectivity index is 2.34. The molecule has 0 saturated carbocycles. The lowest BCUT2D eigenvalue weighted by molar-refractivity contribution is 0.382. The molecule has 1 aliphatic rings. The minimum Gasteiger partial charge on any atom is -0.480 e. The fourth-order valence-corrected chi connectivity index (χ4v) is 3.53. The van der Waals surface area contributed by atoms with Crippen LogP contribution in [0.2, 0.25) is 0 Å². The van der Waals surface area contributed by atoms with Crippen LogP contribution in [0.5, 0.6) is 5.88 Å². The normalized spacial score (nSPS) is 22.6. The lowest BCUT2D eigenvalue weighted by Gasteiger charge is -2.22. The summed E-state index contributed by atoms with van der Waals surface area (Å²) in [7, 11) is 1.70. The molecule has 2 aromatic rings. The Morgan fingerprint density at radius 2 is 2.15 bits per heavy atom. The zero-order chi connectivity index (χ0) is 14.3. The molecule has 5 heteroatoms. The van der Waals surface area contributed by atoms with Gasteiger partial charge in [-0.1, -0.05) is 13.8 Å². The second kappa shape index (κ2) is 5.04. The molecule has 3 rings (SSSR count). The molecule has 0 spiro atoms. The first-order valence-corrected chi connectivity index (χ1v) is 7.46. The smallest absolute Gasteiger partial charge is 0.235 e. The molecule has 108 valence electrons. The highest BCUT2D eigenvalue weighted by Crippen LogP contribution is 2.41. The predicted molar refractivity (Wildman–Crippen MR) is 77.2 cm³/mol. The van der Waals surface area contributed by atoms with E-state index in [1.165, 1.54) is 24.0 Å². The lowest BCUT2D eigenvalue weighted by Crippen LogP contribution is -2.13. The maximum absolute atomic E-state index is 5.54. The van der Waals surface area contributed by atoms with Crippen LogP contribution in [0.15, 0.2) is 0 Å². The summed E-state index contributed by atoms with van der Waals surface area (Å²) in [5, 5.41) is 13.1. The van der Waals surface area contributed by atoms with Crippen LogP contribution >= 0.6 is 0 Å². The minimum atomic E-state index is 0.510. The van der Waals surface area contributed by atoms with Gasteiger partial charge in [-0.2, -0.15) is 4.52 Å². The average Bonchev–Trinajstić information content (AvgIpc) is 2.72. The van der Waals surface area contributed by atoms with Crippen LogP contribution in [0.25, 0.3) is 5.65 Å². The van der Waals surface area contributed by atoms with Crippen LogP contribution in [0.1, 0.15) is 56.0 Å². The van der Waals surface area contributed by atoms with Crippen molar-refractivity contribution in [2.45, 2.75) is 52.4 Å². The van der Waals surface area contributed by atoms with Gasteiger partial charge < -0.3 is 4.74 Å². The van der Waals surface area contributed by atoms with E-state index in [4.69, 9.17) is 4.74 Å². The molecule has 0 radical (unpaired) electrons. The zero-order valence-corrected chi connectivity index (χ0v) is 12.7. The molecule has 1 aliphatic carbocycles. The van der Waals surface area contributed by atoms with Gasteiger partial charge in [0.15, 0.2) is 11.5 Å². The van der Waals surface area contributed by atoms with Gasteiger partial charge in [-0.05, 0) is 44.4 Å². The van der Waals surface area contributed by atoms with Crippen LogP contribution in [0.4, 0.5) is 0 Å². The van der Waals surface area contributed by atoms with Gasteiger partial charge in [-0.25, -0.2) is 0 Å². The molecule has 0 N–H and O–H groups in total. The summed E-state index contributed by atoms with van der Waals surface area (Å²) < 4.78 is 7.37. The van der Waals surface area contributed by atoms with E-state index in [1.54, 1.807) is 7.11 Å². The molecule has 0 saturated heterocycles. The van der Waals surface area contributed by atoms with Crippen LogP contribution < -0.4 is 4.74 Å². The first kappa shape index (κ1) is 13.3. The largest absolute Gasteiger partial charge is 0.480 e. The molecule has 2 aromatic heterocycles. The standard InChI is InChI=1S/C15H22N4O/c1-5-11-9(2)7-6-8-12-13(11)14-17-16-10(3)19(14)18-15(12)20-4/h9,11H,5-8H2,1-4H3. The summed E-state index contributed by atoms with van der Waals surface area (Å²) in [6.07, 6.45) is 4.57. The van der Waals surface area contributed by atoms with E-state index in [1.807, 2.05) is 11.4 Å². The number of rotatable bonds is 2. The highest BCUT2D eigenvalue weighted by Gasteiger charge is 2.30. The molecule has 2 heterocycles. The Labute approximate surface area is 119 Å². The number of aromatic nitrogens is 4. The first-order chi connectivity index (χ1) is 9.67. The quantitative estimate of drug-likeness (QED) is 0.790. The number of aryl methyl sites for hydroxylation is 1. The number of fused-ring (bicyclic) bond motifs is 3. The molecule has 0 aromatic carbocycles. The highest BCUT2D eigenvalue weighted by molar-refractivity contribution is 5.56. The molecular weight excluding hydrogens is 252 g/mol. The number of hydrogen-bond acceptors (Lipinski definition) is 4. The van der Waals surface area contributed by atoms with E-state index in [9.17, 15) is 0 Å². The Kier molecular flexibility index (Phi) is 3.36. The van der Waals surface area contributed by atoms with Gasteiger partial charge in [0.2, 0.25) is 5.88 Å². The Hall–Kier alpha value is -1.65. The van der Waals surface area contributed by atoms with E-state index in [2.05, 4.69) is 29.1 Å². The summed E-state index contributed by atoms with van der Waals surface area (Å²) >= 11 is 0. The Bertz CT molecular complexity index is 634. The summed E-state index contributed by atoms with van der Waals surface area (Å²) in [6.45, 7) is 6.53. The van der Waals surface area contributed by atoms with E-state index >= 15 is 0 Å². The van der Waals surface area contributed by atoms with Crippen molar-refractivity contribution >= 4 is 5.65 Å². The first-order valence-electron chi connectivity index (χ1n) is 7.46. The van der Waals surface area contributed by atoms with Crippen LogP contribution in [0, 0.1) is 12.8 Å². The number of methoxy groups -OCH3 is 1. The maximum Gasteiger partial charge on any atom is 0.235 e. The molecular formula is C15H22N4O. The van der Waals surface area contributed by atoms with E-state index in [0.29, 0.717) is 11.8 Å². The van der Waals surface area contributed by atoms with Gasteiger partial charge in [0, 0.05) is 11.1 Å². The van der Waals surface area contributed by atoms with Gasteiger partial charge in [0.05, 0.1) is 7.11 Å². The second-order valence-corrected chi connectivity index (χ2v) is 5.77. The average molecular weight is 274 g/mol.